The molecule has 2 aliphatic heterocycles. The fraction of sp³-hybridized carbons (Fsp3) is 0.846. The molecule has 1 aromatic heterocycles. The summed E-state index contributed by atoms with van der Waals surface area (Å²) >= 11 is 0. The highest BCUT2D eigenvalue weighted by molar-refractivity contribution is 4.91. The minimum absolute atomic E-state index is 0.471. The van der Waals surface area contributed by atoms with Gasteiger partial charge in [-0.1, -0.05) is 12.1 Å². The Morgan fingerprint density at radius 3 is 2.84 bits per heavy atom. The molecule has 2 unspecified atom stereocenters. The van der Waals surface area contributed by atoms with Gasteiger partial charge in [0.2, 0.25) is 0 Å². The summed E-state index contributed by atoms with van der Waals surface area (Å²) in [4.78, 5) is 2.50. The number of hydrogen-bond donors (Lipinski definition) is 1. The van der Waals surface area contributed by atoms with Crippen LogP contribution in [0.4, 0.5) is 0 Å². The van der Waals surface area contributed by atoms with E-state index in [4.69, 9.17) is 4.74 Å². The number of fused-ring (bicyclic) bond motifs is 2. The Hall–Kier alpha value is -0.980. The third kappa shape index (κ3) is 3.32. The lowest BCUT2D eigenvalue weighted by Crippen LogP contribution is -2.43. The molecule has 0 radical (unpaired) electrons. The monoisotopic (exact) mass is 265 g/mol. The Labute approximate surface area is 114 Å². The predicted molar refractivity (Wildman–Crippen MR) is 71.7 cm³/mol. The topological polar surface area (TPSA) is 55.2 Å². The molecule has 1 N–H and O–H groups in total. The first-order valence-electron chi connectivity index (χ1n) is 7.31. The van der Waals surface area contributed by atoms with E-state index in [0.29, 0.717) is 12.2 Å². The van der Waals surface area contributed by atoms with Crippen LogP contribution in [0.1, 0.15) is 25.5 Å². The summed E-state index contributed by atoms with van der Waals surface area (Å²) in [7, 11) is 0. The average molecular weight is 265 g/mol. The van der Waals surface area contributed by atoms with E-state index in [2.05, 4.69) is 27.5 Å². The molecular weight excluding hydrogens is 242 g/mol. The molecule has 0 aliphatic carbocycles. The highest BCUT2D eigenvalue weighted by atomic mass is 16.5. The molecule has 0 spiro atoms. The van der Waals surface area contributed by atoms with Gasteiger partial charge in [-0.25, -0.2) is 0 Å². The maximum atomic E-state index is 5.84. The van der Waals surface area contributed by atoms with Crippen molar-refractivity contribution in [3.05, 3.63) is 11.9 Å². The Morgan fingerprint density at radius 2 is 2.11 bits per heavy atom. The van der Waals surface area contributed by atoms with E-state index >= 15 is 0 Å². The van der Waals surface area contributed by atoms with E-state index < -0.39 is 0 Å². The van der Waals surface area contributed by atoms with Crippen molar-refractivity contribution in [2.45, 2.75) is 45.1 Å². The van der Waals surface area contributed by atoms with E-state index in [1.165, 1.54) is 12.8 Å². The first-order valence-corrected chi connectivity index (χ1v) is 7.31. The van der Waals surface area contributed by atoms with Crippen molar-refractivity contribution in [2.75, 3.05) is 26.2 Å². The summed E-state index contributed by atoms with van der Waals surface area (Å²) in [5.41, 5.74) is 1.02. The molecule has 6 heteroatoms. The van der Waals surface area contributed by atoms with Gasteiger partial charge in [-0.2, -0.15) is 0 Å². The van der Waals surface area contributed by atoms with Crippen LogP contribution in [-0.2, 0) is 17.8 Å². The first-order chi connectivity index (χ1) is 9.33. The van der Waals surface area contributed by atoms with Gasteiger partial charge >= 0.3 is 0 Å². The maximum Gasteiger partial charge on any atom is 0.0964 e. The summed E-state index contributed by atoms with van der Waals surface area (Å²) in [5, 5.41) is 11.6. The second kappa shape index (κ2) is 5.98. The lowest BCUT2D eigenvalue weighted by molar-refractivity contribution is -0.0392. The molecule has 0 amide bonds. The molecule has 0 saturated carbocycles. The highest BCUT2D eigenvalue weighted by Crippen LogP contribution is 2.25. The van der Waals surface area contributed by atoms with Crippen LogP contribution in [0.15, 0.2) is 6.20 Å². The van der Waals surface area contributed by atoms with E-state index in [-0.39, 0.29) is 0 Å². The van der Waals surface area contributed by atoms with E-state index in [1.807, 2.05) is 10.9 Å². The highest BCUT2D eigenvalue weighted by Gasteiger charge is 2.33. The molecule has 19 heavy (non-hydrogen) atoms. The maximum absolute atomic E-state index is 5.84. The summed E-state index contributed by atoms with van der Waals surface area (Å²) < 4.78 is 7.79. The number of nitrogens with zero attached hydrogens (tertiary/aromatic N) is 4. The molecule has 2 atom stereocenters. The van der Waals surface area contributed by atoms with Crippen LogP contribution in [0.5, 0.6) is 0 Å². The summed E-state index contributed by atoms with van der Waals surface area (Å²) in [6.45, 7) is 7.97. The number of nitrogens with one attached hydrogen (secondary N) is 1. The molecule has 2 aliphatic rings. The van der Waals surface area contributed by atoms with E-state index in [1.54, 1.807) is 0 Å². The Balaban J connectivity index is 1.45. The Morgan fingerprint density at radius 1 is 1.32 bits per heavy atom. The van der Waals surface area contributed by atoms with Gasteiger partial charge in [-0.05, 0) is 19.4 Å². The molecular formula is C13H23N5O. The normalized spacial score (nSPS) is 27.0. The second-order valence-corrected chi connectivity index (χ2v) is 5.47. The smallest absolute Gasteiger partial charge is 0.0964 e. The van der Waals surface area contributed by atoms with Crippen LogP contribution in [0.2, 0.25) is 0 Å². The SMILES string of the molecule is CCNCc1cn(CCN2CC3CCC(C2)O3)nn1. The van der Waals surface area contributed by atoms with Crippen LogP contribution in [-0.4, -0.2) is 58.3 Å². The van der Waals surface area contributed by atoms with Crippen LogP contribution in [0.25, 0.3) is 0 Å². The molecule has 2 saturated heterocycles. The standard InChI is InChI=1S/C13H23N5O/c1-2-14-7-11-8-18(16-15-11)6-5-17-9-12-3-4-13(10-17)19-12/h8,12-14H,2-7,9-10H2,1H3. The predicted octanol–water partition coefficient (Wildman–Crippen LogP) is 0.251. The fourth-order valence-electron chi connectivity index (χ4n) is 2.91. The van der Waals surface area contributed by atoms with Crippen LogP contribution >= 0.6 is 0 Å². The van der Waals surface area contributed by atoms with E-state index in [0.717, 1.165) is 45.0 Å². The van der Waals surface area contributed by atoms with E-state index in [9.17, 15) is 0 Å². The van der Waals surface area contributed by atoms with Gasteiger partial charge in [0, 0.05) is 32.4 Å². The van der Waals surface area contributed by atoms with Gasteiger partial charge in [0.25, 0.3) is 0 Å². The zero-order chi connectivity index (χ0) is 13.1. The van der Waals surface area contributed by atoms with Crippen LogP contribution in [0, 0.1) is 0 Å². The zero-order valence-corrected chi connectivity index (χ0v) is 11.6. The molecule has 3 heterocycles. The number of rotatable bonds is 6. The third-order valence-electron chi connectivity index (χ3n) is 3.91. The van der Waals surface area contributed by atoms with Crippen molar-refractivity contribution in [1.82, 2.24) is 25.2 Å². The molecule has 0 aromatic carbocycles. The van der Waals surface area contributed by atoms with Gasteiger partial charge in [-0.3, -0.25) is 9.58 Å². The number of hydrogen-bond acceptors (Lipinski definition) is 5. The summed E-state index contributed by atoms with van der Waals surface area (Å²) in [5.74, 6) is 0. The molecule has 1 aromatic rings. The minimum Gasteiger partial charge on any atom is -0.372 e. The van der Waals surface area contributed by atoms with Gasteiger partial charge < -0.3 is 10.1 Å². The lowest BCUT2D eigenvalue weighted by atomic mass is 10.2. The van der Waals surface area contributed by atoms with Crippen molar-refractivity contribution >= 4 is 0 Å². The van der Waals surface area contributed by atoms with Gasteiger partial charge in [0.05, 0.1) is 24.4 Å². The zero-order valence-electron chi connectivity index (χ0n) is 11.6. The van der Waals surface area contributed by atoms with Crippen molar-refractivity contribution in [1.29, 1.82) is 0 Å². The van der Waals surface area contributed by atoms with Crippen molar-refractivity contribution in [3.8, 4) is 0 Å². The van der Waals surface area contributed by atoms with Gasteiger partial charge in [-0.15, -0.1) is 5.10 Å². The minimum atomic E-state index is 0.471. The Bertz CT molecular complexity index is 395. The number of ether oxygens (including phenoxy) is 1. The van der Waals surface area contributed by atoms with Crippen molar-refractivity contribution in [3.63, 3.8) is 0 Å². The number of aromatic nitrogens is 3. The number of likely N-dealkylation sites (tertiary alicyclic amines) is 1. The third-order valence-corrected chi connectivity index (χ3v) is 3.91. The summed E-state index contributed by atoms with van der Waals surface area (Å²) in [6, 6.07) is 0. The number of morpholine rings is 1. The van der Waals surface area contributed by atoms with Crippen molar-refractivity contribution < 1.29 is 4.74 Å². The summed E-state index contributed by atoms with van der Waals surface area (Å²) in [6.07, 6.45) is 5.45. The molecule has 6 nitrogen and oxygen atoms in total. The van der Waals surface area contributed by atoms with Crippen LogP contribution < -0.4 is 5.32 Å². The van der Waals surface area contributed by atoms with Gasteiger partial charge in [0.15, 0.2) is 0 Å². The molecule has 2 bridgehead atoms. The molecule has 2 fully saturated rings. The average Bonchev–Trinajstić information content (AvgIpc) is 3.01. The lowest BCUT2D eigenvalue weighted by Gasteiger charge is -2.31. The second-order valence-electron chi connectivity index (χ2n) is 5.47. The molecule has 3 rings (SSSR count). The van der Waals surface area contributed by atoms with Crippen molar-refractivity contribution in [2.24, 2.45) is 0 Å². The first kappa shape index (κ1) is 13.0. The molecule has 106 valence electrons. The largest absolute Gasteiger partial charge is 0.372 e. The van der Waals surface area contributed by atoms with Crippen LogP contribution in [0.3, 0.4) is 0 Å². The Kier molecular flexibility index (Phi) is 4.10. The quantitative estimate of drug-likeness (QED) is 0.799. The fourth-order valence-corrected chi connectivity index (χ4v) is 2.91. The van der Waals surface area contributed by atoms with Gasteiger partial charge in [0.1, 0.15) is 0 Å².